The molecule has 1 aliphatic carbocycles. The minimum Gasteiger partial charge on any atom is -0.342 e. The van der Waals surface area contributed by atoms with Crippen molar-refractivity contribution < 1.29 is 9.59 Å². The first-order valence-electron chi connectivity index (χ1n) is 9.95. The summed E-state index contributed by atoms with van der Waals surface area (Å²) < 4.78 is 0. The summed E-state index contributed by atoms with van der Waals surface area (Å²) >= 11 is 0. The van der Waals surface area contributed by atoms with Crippen LogP contribution in [0.3, 0.4) is 0 Å². The van der Waals surface area contributed by atoms with Crippen LogP contribution in [0.25, 0.3) is 0 Å². The van der Waals surface area contributed by atoms with E-state index in [9.17, 15) is 9.59 Å². The number of hydrogen-bond acceptors (Lipinski definition) is 2. The number of carbonyl (C=O) groups is 2. The molecule has 0 saturated carbocycles. The van der Waals surface area contributed by atoms with Crippen LogP contribution < -0.4 is 0 Å². The lowest BCUT2D eigenvalue weighted by atomic mass is 9.97. The molecule has 1 atom stereocenters. The third-order valence-electron chi connectivity index (χ3n) is 5.56. The molecule has 1 fully saturated rings. The minimum atomic E-state index is -0.188. The molecule has 4 nitrogen and oxygen atoms in total. The van der Waals surface area contributed by atoms with Crippen LogP contribution in [0, 0.1) is 5.92 Å². The summed E-state index contributed by atoms with van der Waals surface area (Å²) in [5.74, 6) is 0.0612. The van der Waals surface area contributed by atoms with Crippen molar-refractivity contribution in [1.82, 2.24) is 9.80 Å². The van der Waals surface area contributed by atoms with E-state index in [1.54, 1.807) is 0 Å². The van der Waals surface area contributed by atoms with Gasteiger partial charge in [-0.15, -0.1) is 0 Å². The lowest BCUT2D eigenvalue weighted by Crippen LogP contribution is -2.37. The van der Waals surface area contributed by atoms with Crippen molar-refractivity contribution in [2.75, 3.05) is 19.6 Å². The molecule has 0 bridgehead atoms. The van der Waals surface area contributed by atoms with Gasteiger partial charge in [-0.2, -0.15) is 0 Å². The highest BCUT2D eigenvalue weighted by molar-refractivity contribution is 5.89. The highest BCUT2D eigenvalue weighted by Gasteiger charge is 2.36. The number of likely N-dealkylation sites (tertiary alicyclic amines) is 1. The molecular weight excluding hydrogens is 324 g/mol. The predicted molar refractivity (Wildman–Crippen MR) is 103 cm³/mol. The Morgan fingerprint density at radius 1 is 1.23 bits per heavy atom. The molecule has 1 aliphatic heterocycles. The van der Waals surface area contributed by atoms with Gasteiger partial charge in [-0.25, -0.2) is 0 Å². The maximum absolute atomic E-state index is 12.9. The van der Waals surface area contributed by atoms with Crippen LogP contribution in [-0.4, -0.2) is 41.2 Å². The first-order valence-corrected chi connectivity index (χ1v) is 9.95. The normalized spacial score (nSPS) is 20.2. The van der Waals surface area contributed by atoms with Gasteiger partial charge in [0.05, 0.1) is 5.92 Å². The van der Waals surface area contributed by atoms with Crippen molar-refractivity contribution in [3.63, 3.8) is 0 Å². The SMILES string of the molecule is CCN(Cc1ccccc1)C(=O)C1CC(=O)N(CCC2=CCCCC2)C1. The van der Waals surface area contributed by atoms with Crippen LogP contribution in [0.4, 0.5) is 0 Å². The Labute approximate surface area is 156 Å². The average Bonchev–Trinajstić information content (AvgIpc) is 3.06. The van der Waals surface area contributed by atoms with Crippen LogP contribution in [0.5, 0.6) is 0 Å². The monoisotopic (exact) mass is 354 g/mol. The molecule has 0 aromatic heterocycles. The highest BCUT2D eigenvalue weighted by atomic mass is 16.2. The highest BCUT2D eigenvalue weighted by Crippen LogP contribution is 2.24. The Balaban J connectivity index is 1.54. The third-order valence-corrected chi connectivity index (χ3v) is 5.56. The summed E-state index contributed by atoms with van der Waals surface area (Å²) in [6.07, 6.45) is 8.58. The number of nitrogens with zero attached hydrogens (tertiary/aromatic N) is 2. The van der Waals surface area contributed by atoms with E-state index in [1.807, 2.05) is 47.1 Å². The Morgan fingerprint density at radius 2 is 2.04 bits per heavy atom. The molecule has 1 saturated heterocycles. The first-order chi connectivity index (χ1) is 12.7. The van der Waals surface area contributed by atoms with Crippen LogP contribution >= 0.6 is 0 Å². The number of hydrogen-bond donors (Lipinski definition) is 0. The van der Waals surface area contributed by atoms with Crippen molar-refractivity contribution in [2.45, 2.75) is 52.0 Å². The molecule has 0 spiro atoms. The molecule has 140 valence electrons. The Kier molecular flexibility index (Phi) is 6.48. The summed E-state index contributed by atoms with van der Waals surface area (Å²) in [6.45, 7) is 4.64. The van der Waals surface area contributed by atoms with Gasteiger partial charge in [0.1, 0.15) is 0 Å². The molecule has 0 radical (unpaired) electrons. The van der Waals surface area contributed by atoms with E-state index in [2.05, 4.69) is 6.08 Å². The summed E-state index contributed by atoms with van der Waals surface area (Å²) in [6, 6.07) is 10.1. The fourth-order valence-electron chi connectivity index (χ4n) is 3.97. The van der Waals surface area contributed by atoms with E-state index in [0.717, 1.165) is 18.5 Å². The van der Waals surface area contributed by atoms with Crippen LogP contribution in [0.15, 0.2) is 42.0 Å². The maximum atomic E-state index is 12.9. The molecule has 1 aromatic carbocycles. The van der Waals surface area contributed by atoms with Crippen molar-refractivity contribution in [3.05, 3.63) is 47.5 Å². The van der Waals surface area contributed by atoms with Crippen molar-refractivity contribution in [2.24, 2.45) is 5.92 Å². The summed E-state index contributed by atoms with van der Waals surface area (Å²) in [7, 11) is 0. The van der Waals surface area contributed by atoms with Crippen LogP contribution in [0.1, 0.15) is 51.0 Å². The zero-order valence-electron chi connectivity index (χ0n) is 15.8. The topological polar surface area (TPSA) is 40.6 Å². The number of rotatable bonds is 7. The molecule has 1 unspecified atom stereocenters. The Bertz CT molecular complexity index is 653. The number of amides is 2. The largest absolute Gasteiger partial charge is 0.342 e. The number of benzene rings is 1. The van der Waals surface area contributed by atoms with E-state index < -0.39 is 0 Å². The fraction of sp³-hybridized carbons (Fsp3) is 0.545. The average molecular weight is 354 g/mol. The number of allylic oxidation sites excluding steroid dienone is 1. The van der Waals surface area contributed by atoms with Crippen LogP contribution in [0.2, 0.25) is 0 Å². The molecular formula is C22H30N2O2. The second-order valence-corrected chi connectivity index (χ2v) is 7.44. The van der Waals surface area contributed by atoms with Gasteiger partial charge in [-0.1, -0.05) is 42.0 Å². The molecule has 3 rings (SSSR count). The van der Waals surface area contributed by atoms with Gasteiger partial charge in [-0.05, 0) is 44.6 Å². The second-order valence-electron chi connectivity index (χ2n) is 7.44. The van der Waals surface area contributed by atoms with E-state index in [-0.39, 0.29) is 17.7 Å². The maximum Gasteiger partial charge on any atom is 0.228 e. The Hall–Kier alpha value is -2.10. The summed E-state index contributed by atoms with van der Waals surface area (Å²) in [5, 5.41) is 0. The van der Waals surface area contributed by atoms with Gasteiger partial charge in [0.25, 0.3) is 0 Å². The predicted octanol–water partition coefficient (Wildman–Crippen LogP) is 3.77. The van der Waals surface area contributed by atoms with Gasteiger partial charge in [0, 0.05) is 32.6 Å². The van der Waals surface area contributed by atoms with E-state index in [0.29, 0.717) is 26.1 Å². The van der Waals surface area contributed by atoms with Gasteiger partial charge in [-0.3, -0.25) is 9.59 Å². The van der Waals surface area contributed by atoms with E-state index >= 15 is 0 Å². The molecule has 2 aliphatic rings. The zero-order chi connectivity index (χ0) is 18.4. The molecule has 2 amide bonds. The van der Waals surface area contributed by atoms with E-state index in [4.69, 9.17) is 0 Å². The van der Waals surface area contributed by atoms with Crippen molar-refractivity contribution in [1.29, 1.82) is 0 Å². The summed E-state index contributed by atoms with van der Waals surface area (Å²) in [5.41, 5.74) is 2.62. The lowest BCUT2D eigenvalue weighted by molar-refractivity contribution is -0.136. The first kappa shape index (κ1) is 18.7. The zero-order valence-corrected chi connectivity index (χ0v) is 15.8. The molecule has 26 heavy (non-hydrogen) atoms. The second kappa shape index (κ2) is 9.02. The lowest BCUT2D eigenvalue weighted by Gasteiger charge is -2.24. The minimum absolute atomic E-state index is 0.115. The van der Waals surface area contributed by atoms with Gasteiger partial charge < -0.3 is 9.80 Å². The third kappa shape index (κ3) is 4.75. The van der Waals surface area contributed by atoms with E-state index in [1.165, 1.54) is 31.3 Å². The smallest absolute Gasteiger partial charge is 0.228 e. The molecule has 4 heteroatoms. The summed E-state index contributed by atoms with van der Waals surface area (Å²) in [4.78, 5) is 29.1. The van der Waals surface area contributed by atoms with Crippen LogP contribution in [-0.2, 0) is 16.1 Å². The molecule has 1 aromatic rings. The van der Waals surface area contributed by atoms with Gasteiger partial charge >= 0.3 is 0 Å². The quantitative estimate of drug-likeness (QED) is 0.699. The molecule has 1 heterocycles. The molecule has 0 N–H and O–H groups in total. The van der Waals surface area contributed by atoms with Crippen molar-refractivity contribution in [3.8, 4) is 0 Å². The van der Waals surface area contributed by atoms with Gasteiger partial charge in [0.15, 0.2) is 0 Å². The standard InChI is InChI=1S/C22H30N2O2/c1-2-23(16-19-11-7-4-8-12-19)22(26)20-15-21(25)24(17-20)14-13-18-9-5-3-6-10-18/h4,7-9,11-12,20H,2-3,5-6,10,13-17H2,1H3. The Morgan fingerprint density at radius 3 is 2.73 bits per heavy atom. The van der Waals surface area contributed by atoms with Gasteiger partial charge in [0.2, 0.25) is 11.8 Å². The van der Waals surface area contributed by atoms with Crippen molar-refractivity contribution >= 4 is 11.8 Å². The fourth-order valence-corrected chi connectivity index (χ4v) is 3.97. The number of carbonyl (C=O) groups excluding carboxylic acids is 2.